The zero-order valence-corrected chi connectivity index (χ0v) is 6.93. The third-order valence-electron chi connectivity index (χ3n) is 1.86. The van der Waals surface area contributed by atoms with Crippen molar-refractivity contribution < 1.29 is 4.79 Å². The van der Waals surface area contributed by atoms with Crippen molar-refractivity contribution in [2.75, 3.05) is 0 Å². The van der Waals surface area contributed by atoms with E-state index in [0.717, 1.165) is 12.3 Å². The highest BCUT2D eigenvalue weighted by molar-refractivity contribution is 8.12. The number of hydrogen-bond donors (Lipinski definition) is 0. The smallest absolute Gasteiger partial charge is 0.191 e. The molecule has 11 heavy (non-hydrogen) atoms. The zero-order chi connectivity index (χ0) is 7.68. The molecule has 0 unspecified atom stereocenters. The molecule has 1 aliphatic rings. The lowest BCUT2D eigenvalue weighted by molar-refractivity contribution is -0.111. The SMILES string of the molecule is O=C1CCn2cccc2CS1. The van der Waals surface area contributed by atoms with Crippen LogP contribution in [0.5, 0.6) is 0 Å². The Kier molecular flexibility index (Phi) is 1.74. The van der Waals surface area contributed by atoms with Gasteiger partial charge in [-0.15, -0.1) is 0 Å². The lowest BCUT2D eigenvalue weighted by Gasteiger charge is -2.00. The molecule has 0 atom stereocenters. The van der Waals surface area contributed by atoms with Crippen molar-refractivity contribution in [2.24, 2.45) is 0 Å². The summed E-state index contributed by atoms with van der Waals surface area (Å²) in [6.07, 6.45) is 2.71. The van der Waals surface area contributed by atoms with Crippen molar-refractivity contribution in [3.8, 4) is 0 Å². The van der Waals surface area contributed by atoms with E-state index in [1.165, 1.54) is 17.5 Å². The van der Waals surface area contributed by atoms with Crippen LogP contribution in [-0.2, 0) is 17.1 Å². The van der Waals surface area contributed by atoms with E-state index in [1.807, 2.05) is 12.3 Å². The highest BCUT2D eigenvalue weighted by Gasteiger charge is 2.11. The second-order valence-corrected chi connectivity index (χ2v) is 3.64. The van der Waals surface area contributed by atoms with Crippen LogP contribution >= 0.6 is 11.8 Å². The van der Waals surface area contributed by atoms with Crippen LogP contribution in [-0.4, -0.2) is 9.68 Å². The second-order valence-electron chi connectivity index (χ2n) is 2.60. The molecule has 1 aromatic rings. The van der Waals surface area contributed by atoms with E-state index in [0.29, 0.717) is 11.5 Å². The number of thioether (sulfide) groups is 1. The standard InChI is InChI=1S/C8H9NOS/c10-8-3-5-9-4-1-2-7(9)6-11-8/h1-2,4H,3,5-6H2. The summed E-state index contributed by atoms with van der Waals surface area (Å²) in [6, 6.07) is 4.11. The molecule has 0 radical (unpaired) electrons. The fourth-order valence-electron chi connectivity index (χ4n) is 1.24. The molecule has 0 bridgehead atoms. The van der Waals surface area contributed by atoms with Gasteiger partial charge in [-0.25, -0.2) is 0 Å². The van der Waals surface area contributed by atoms with Crippen molar-refractivity contribution in [1.82, 2.24) is 4.57 Å². The summed E-state index contributed by atoms with van der Waals surface area (Å²) >= 11 is 1.43. The average molecular weight is 167 g/mol. The molecule has 0 N–H and O–H groups in total. The Morgan fingerprint density at radius 3 is 3.36 bits per heavy atom. The maximum absolute atomic E-state index is 11.0. The summed E-state index contributed by atoms with van der Waals surface area (Å²) < 4.78 is 2.15. The number of aromatic nitrogens is 1. The Balaban J connectivity index is 2.27. The molecule has 2 heterocycles. The molecule has 1 aromatic heterocycles. The van der Waals surface area contributed by atoms with E-state index in [2.05, 4.69) is 10.6 Å². The summed E-state index contributed by atoms with van der Waals surface area (Å²) in [6.45, 7) is 0.855. The van der Waals surface area contributed by atoms with Gasteiger partial charge >= 0.3 is 0 Å². The average Bonchev–Trinajstić information content (AvgIpc) is 2.38. The summed E-state index contributed by atoms with van der Waals surface area (Å²) in [4.78, 5) is 11.0. The Hall–Kier alpha value is -0.700. The first-order chi connectivity index (χ1) is 5.36. The second kappa shape index (κ2) is 2.74. The normalized spacial score (nSPS) is 17.6. The highest BCUT2D eigenvalue weighted by Crippen LogP contribution is 2.19. The number of hydrogen-bond acceptors (Lipinski definition) is 2. The molecule has 0 aliphatic carbocycles. The molecule has 0 saturated carbocycles. The van der Waals surface area contributed by atoms with E-state index in [9.17, 15) is 4.79 Å². The number of aryl methyl sites for hydroxylation is 1. The van der Waals surface area contributed by atoms with E-state index in [1.54, 1.807) is 0 Å². The van der Waals surface area contributed by atoms with Crippen LogP contribution < -0.4 is 0 Å². The fourth-order valence-corrected chi connectivity index (χ4v) is 2.04. The molecule has 2 nitrogen and oxygen atoms in total. The van der Waals surface area contributed by atoms with E-state index in [-0.39, 0.29) is 0 Å². The fraction of sp³-hybridized carbons (Fsp3) is 0.375. The van der Waals surface area contributed by atoms with Gasteiger partial charge in [0.25, 0.3) is 0 Å². The van der Waals surface area contributed by atoms with Crippen molar-refractivity contribution in [1.29, 1.82) is 0 Å². The van der Waals surface area contributed by atoms with Crippen LogP contribution in [0.4, 0.5) is 0 Å². The van der Waals surface area contributed by atoms with Crippen molar-refractivity contribution in [3.05, 3.63) is 24.0 Å². The van der Waals surface area contributed by atoms with Gasteiger partial charge < -0.3 is 4.57 Å². The van der Waals surface area contributed by atoms with Gasteiger partial charge in [-0.2, -0.15) is 0 Å². The third kappa shape index (κ3) is 1.33. The number of fused-ring (bicyclic) bond motifs is 1. The van der Waals surface area contributed by atoms with Crippen molar-refractivity contribution >= 4 is 16.9 Å². The van der Waals surface area contributed by atoms with Crippen LogP contribution in [0.1, 0.15) is 12.1 Å². The molecular weight excluding hydrogens is 158 g/mol. The number of rotatable bonds is 0. The highest BCUT2D eigenvalue weighted by atomic mass is 32.2. The van der Waals surface area contributed by atoms with Gasteiger partial charge in [-0.05, 0) is 12.1 Å². The first-order valence-electron chi connectivity index (χ1n) is 3.66. The minimum atomic E-state index is 0.314. The molecule has 3 heteroatoms. The van der Waals surface area contributed by atoms with Crippen LogP contribution in [0.3, 0.4) is 0 Å². The summed E-state index contributed by atoms with van der Waals surface area (Å²) in [5, 5.41) is 0.314. The van der Waals surface area contributed by atoms with E-state index < -0.39 is 0 Å². The van der Waals surface area contributed by atoms with Crippen molar-refractivity contribution in [3.63, 3.8) is 0 Å². The third-order valence-corrected chi connectivity index (χ3v) is 2.83. The first kappa shape index (κ1) is 6.98. The molecule has 1 aliphatic heterocycles. The summed E-state index contributed by atoms with van der Waals surface area (Å²) in [7, 11) is 0. The van der Waals surface area contributed by atoms with Crippen LogP contribution in [0.2, 0.25) is 0 Å². The summed E-state index contributed by atoms with van der Waals surface area (Å²) in [5.41, 5.74) is 1.26. The molecule has 0 aromatic carbocycles. The molecule has 2 rings (SSSR count). The van der Waals surface area contributed by atoms with Gasteiger partial charge in [0, 0.05) is 30.6 Å². The minimum absolute atomic E-state index is 0.314. The quantitative estimate of drug-likeness (QED) is 0.586. The van der Waals surface area contributed by atoms with Crippen LogP contribution in [0.25, 0.3) is 0 Å². The van der Waals surface area contributed by atoms with Gasteiger partial charge in [0.05, 0.1) is 0 Å². The monoisotopic (exact) mass is 167 g/mol. The van der Waals surface area contributed by atoms with E-state index in [4.69, 9.17) is 0 Å². The Morgan fingerprint density at radius 2 is 2.45 bits per heavy atom. The maximum atomic E-state index is 11.0. The Morgan fingerprint density at radius 1 is 1.55 bits per heavy atom. The molecule has 0 saturated heterocycles. The molecular formula is C8H9NOS. The minimum Gasteiger partial charge on any atom is -0.350 e. The van der Waals surface area contributed by atoms with Gasteiger partial charge in [-0.3, -0.25) is 4.79 Å². The van der Waals surface area contributed by atoms with Gasteiger partial charge in [0.2, 0.25) is 0 Å². The Bertz CT molecular complexity index is 255. The zero-order valence-electron chi connectivity index (χ0n) is 6.12. The Labute approximate surface area is 69.6 Å². The van der Waals surface area contributed by atoms with E-state index >= 15 is 0 Å². The maximum Gasteiger partial charge on any atom is 0.191 e. The topological polar surface area (TPSA) is 22.0 Å². The number of carbonyl (C=O) groups is 1. The molecule has 0 amide bonds. The lowest BCUT2D eigenvalue weighted by atomic mass is 10.4. The number of nitrogens with zero attached hydrogens (tertiary/aromatic N) is 1. The number of carbonyl (C=O) groups excluding carboxylic acids is 1. The summed E-state index contributed by atoms with van der Waals surface area (Å²) in [5.74, 6) is 0.839. The first-order valence-corrected chi connectivity index (χ1v) is 4.64. The van der Waals surface area contributed by atoms with Crippen molar-refractivity contribution in [2.45, 2.75) is 18.7 Å². The van der Waals surface area contributed by atoms with Crippen LogP contribution in [0, 0.1) is 0 Å². The van der Waals surface area contributed by atoms with Gasteiger partial charge in [-0.1, -0.05) is 11.8 Å². The van der Waals surface area contributed by atoms with Gasteiger partial charge in [0.1, 0.15) is 0 Å². The van der Waals surface area contributed by atoms with Crippen LogP contribution in [0.15, 0.2) is 18.3 Å². The molecule has 0 spiro atoms. The largest absolute Gasteiger partial charge is 0.350 e. The molecule has 58 valence electrons. The molecule has 0 fully saturated rings. The predicted octanol–water partition coefficient (Wildman–Crippen LogP) is 1.65. The predicted molar refractivity (Wildman–Crippen MR) is 45.4 cm³/mol. The van der Waals surface area contributed by atoms with Gasteiger partial charge in [0.15, 0.2) is 5.12 Å². The lowest BCUT2D eigenvalue weighted by Crippen LogP contribution is -1.98.